The number of amides is 4. The van der Waals surface area contributed by atoms with Gasteiger partial charge in [-0.3, -0.25) is 19.2 Å². The second-order valence-corrected chi connectivity index (χ2v) is 9.06. The van der Waals surface area contributed by atoms with Gasteiger partial charge in [0, 0.05) is 13.1 Å². The van der Waals surface area contributed by atoms with E-state index in [1.54, 1.807) is 58.0 Å². The van der Waals surface area contributed by atoms with E-state index in [-0.39, 0.29) is 26.1 Å². The minimum atomic E-state index is -1.34. The van der Waals surface area contributed by atoms with Crippen LogP contribution in [0.15, 0.2) is 30.3 Å². The molecule has 0 fully saturated rings. The van der Waals surface area contributed by atoms with Gasteiger partial charge in [0.05, 0.1) is 19.4 Å². The van der Waals surface area contributed by atoms with Crippen molar-refractivity contribution in [1.82, 2.24) is 15.5 Å². The van der Waals surface area contributed by atoms with Gasteiger partial charge in [0.25, 0.3) is 0 Å². The summed E-state index contributed by atoms with van der Waals surface area (Å²) in [5, 5.41) is 5.09. The summed E-state index contributed by atoms with van der Waals surface area (Å²) in [6, 6.07) is 6.17. The summed E-state index contributed by atoms with van der Waals surface area (Å²) < 4.78 is 10.1. The average molecular weight is 507 g/mol. The highest BCUT2D eigenvalue weighted by Crippen LogP contribution is 2.23. The van der Waals surface area contributed by atoms with Crippen molar-refractivity contribution in [3.63, 3.8) is 0 Å². The predicted molar refractivity (Wildman–Crippen MR) is 132 cm³/mol. The molecular formula is C25H38N4O7. The largest absolute Gasteiger partial charge is 0.466 e. The number of esters is 1. The third kappa shape index (κ3) is 10.7. The second-order valence-electron chi connectivity index (χ2n) is 9.06. The zero-order valence-electron chi connectivity index (χ0n) is 21.7. The van der Waals surface area contributed by atoms with Crippen LogP contribution in [0.4, 0.5) is 4.79 Å². The molecule has 0 aromatic heterocycles. The Labute approximate surface area is 212 Å². The standard InChI is InChI=1S/C25H38N4O7/c1-6-15-29(23(33)18(16-19(26)30)28-24(34)36-25(3,4)5)21(17-11-9-8-10-12-17)22(32)27-14-13-20(31)35-7-2/h8-12,18,21H,6-7,13-16H2,1-5H3,(H2,26,30)(H,27,32)(H,28,34). The van der Waals surface area contributed by atoms with Crippen LogP contribution in [0.1, 0.15) is 65.5 Å². The average Bonchev–Trinajstić information content (AvgIpc) is 2.77. The molecule has 1 aromatic carbocycles. The van der Waals surface area contributed by atoms with Crippen molar-refractivity contribution in [2.45, 2.75) is 71.6 Å². The molecule has 0 heterocycles. The maximum atomic E-state index is 13.7. The van der Waals surface area contributed by atoms with Gasteiger partial charge in [-0.25, -0.2) is 4.79 Å². The number of hydrogen-bond acceptors (Lipinski definition) is 7. The quantitative estimate of drug-likeness (QED) is 0.344. The summed E-state index contributed by atoms with van der Waals surface area (Å²) in [5.74, 6) is -2.46. The van der Waals surface area contributed by atoms with Gasteiger partial charge < -0.3 is 30.7 Å². The summed E-state index contributed by atoms with van der Waals surface area (Å²) in [5.41, 5.74) is 5.03. The molecule has 0 spiro atoms. The Balaban J connectivity index is 3.27. The van der Waals surface area contributed by atoms with Crippen LogP contribution in [0.3, 0.4) is 0 Å². The van der Waals surface area contributed by atoms with E-state index < -0.39 is 53.9 Å². The molecule has 4 amide bonds. The van der Waals surface area contributed by atoms with Crippen LogP contribution < -0.4 is 16.4 Å². The van der Waals surface area contributed by atoms with Crippen LogP contribution in [0.25, 0.3) is 0 Å². The topological polar surface area (TPSA) is 157 Å². The Morgan fingerprint density at radius 1 is 1.06 bits per heavy atom. The first-order valence-electron chi connectivity index (χ1n) is 12.0. The lowest BCUT2D eigenvalue weighted by Gasteiger charge is -2.34. The van der Waals surface area contributed by atoms with Crippen LogP contribution in [0.5, 0.6) is 0 Å². The van der Waals surface area contributed by atoms with Crippen molar-refractivity contribution >= 4 is 29.8 Å². The van der Waals surface area contributed by atoms with E-state index in [4.69, 9.17) is 15.2 Å². The van der Waals surface area contributed by atoms with E-state index in [2.05, 4.69) is 10.6 Å². The van der Waals surface area contributed by atoms with Crippen molar-refractivity contribution in [3.05, 3.63) is 35.9 Å². The van der Waals surface area contributed by atoms with Crippen LogP contribution in [0, 0.1) is 0 Å². The number of nitrogens with zero attached hydrogens (tertiary/aromatic N) is 1. The molecule has 4 N–H and O–H groups in total. The molecule has 0 bridgehead atoms. The monoisotopic (exact) mass is 506 g/mol. The summed E-state index contributed by atoms with van der Waals surface area (Å²) in [7, 11) is 0. The maximum Gasteiger partial charge on any atom is 0.408 e. The third-order valence-corrected chi connectivity index (χ3v) is 4.75. The van der Waals surface area contributed by atoms with Crippen molar-refractivity contribution < 1.29 is 33.4 Å². The Hall–Kier alpha value is -3.63. The Bertz CT molecular complexity index is 899. The fourth-order valence-corrected chi connectivity index (χ4v) is 3.38. The van der Waals surface area contributed by atoms with Gasteiger partial charge >= 0.3 is 12.1 Å². The number of benzene rings is 1. The van der Waals surface area contributed by atoms with Crippen molar-refractivity contribution in [1.29, 1.82) is 0 Å². The third-order valence-electron chi connectivity index (χ3n) is 4.75. The molecule has 0 radical (unpaired) electrons. The Morgan fingerprint density at radius 2 is 1.69 bits per heavy atom. The van der Waals surface area contributed by atoms with E-state index in [0.29, 0.717) is 12.0 Å². The lowest BCUT2D eigenvalue weighted by Crippen LogP contribution is -2.54. The summed E-state index contributed by atoms with van der Waals surface area (Å²) in [6.45, 7) is 8.87. The highest BCUT2D eigenvalue weighted by Gasteiger charge is 2.36. The molecule has 0 saturated carbocycles. The number of alkyl carbamates (subject to hydrolysis) is 1. The van der Waals surface area contributed by atoms with Gasteiger partial charge in [-0.05, 0) is 39.7 Å². The van der Waals surface area contributed by atoms with Gasteiger partial charge in [0.2, 0.25) is 17.7 Å². The Morgan fingerprint density at radius 3 is 2.22 bits per heavy atom. The number of nitrogens with one attached hydrogen (secondary N) is 2. The molecule has 0 aliphatic heterocycles. The minimum absolute atomic E-state index is 0.00995. The van der Waals surface area contributed by atoms with Crippen LogP contribution in [-0.4, -0.2) is 66.0 Å². The fraction of sp³-hybridized carbons (Fsp3) is 0.560. The van der Waals surface area contributed by atoms with E-state index >= 15 is 0 Å². The van der Waals surface area contributed by atoms with Gasteiger partial charge in [-0.1, -0.05) is 37.3 Å². The first-order chi connectivity index (χ1) is 16.9. The molecular weight excluding hydrogens is 468 g/mol. The fourth-order valence-electron chi connectivity index (χ4n) is 3.38. The number of rotatable bonds is 13. The molecule has 1 aromatic rings. The molecule has 1 rings (SSSR count). The summed E-state index contributed by atoms with van der Waals surface area (Å²) >= 11 is 0. The summed E-state index contributed by atoms with van der Waals surface area (Å²) in [4.78, 5) is 64.0. The first kappa shape index (κ1) is 30.4. The van der Waals surface area contributed by atoms with Crippen LogP contribution in [-0.2, 0) is 28.7 Å². The van der Waals surface area contributed by atoms with Gasteiger partial charge in [-0.2, -0.15) is 0 Å². The first-order valence-corrected chi connectivity index (χ1v) is 12.0. The smallest absolute Gasteiger partial charge is 0.408 e. The lowest BCUT2D eigenvalue weighted by atomic mass is 10.0. The molecule has 36 heavy (non-hydrogen) atoms. The zero-order chi connectivity index (χ0) is 27.3. The molecule has 0 aliphatic carbocycles. The summed E-state index contributed by atoms with van der Waals surface area (Å²) in [6.07, 6.45) is -0.924. The van der Waals surface area contributed by atoms with E-state index in [1.165, 1.54) is 4.90 Å². The van der Waals surface area contributed by atoms with Crippen molar-refractivity contribution in [2.75, 3.05) is 19.7 Å². The van der Waals surface area contributed by atoms with E-state index in [1.807, 2.05) is 6.92 Å². The second kappa shape index (κ2) is 14.7. The number of primary amides is 1. The van der Waals surface area contributed by atoms with E-state index in [9.17, 15) is 24.0 Å². The highest BCUT2D eigenvalue weighted by atomic mass is 16.6. The van der Waals surface area contributed by atoms with Gasteiger partial charge in [-0.15, -0.1) is 0 Å². The molecule has 11 nitrogen and oxygen atoms in total. The maximum absolute atomic E-state index is 13.7. The van der Waals surface area contributed by atoms with Crippen LogP contribution >= 0.6 is 0 Å². The van der Waals surface area contributed by atoms with Crippen molar-refractivity contribution in [3.8, 4) is 0 Å². The molecule has 2 atom stereocenters. The molecule has 0 saturated heterocycles. The van der Waals surface area contributed by atoms with E-state index in [0.717, 1.165) is 0 Å². The van der Waals surface area contributed by atoms with Gasteiger partial charge in [0.15, 0.2) is 0 Å². The van der Waals surface area contributed by atoms with Gasteiger partial charge in [0.1, 0.15) is 17.7 Å². The molecule has 2 unspecified atom stereocenters. The number of carbonyl (C=O) groups excluding carboxylic acids is 5. The normalized spacial score (nSPS) is 12.6. The number of carbonyl (C=O) groups is 5. The predicted octanol–water partition coefficient (Wildman–Crippen LogP) is 1.80. The zero-order valence-corrected chi connectivity index (χ0v) is 21.7. The van der Waals surface area contributed by atoms with Crippen LogP contribution in [0.2, 0.25) is 0 Å². The molecule has 11 heteroatoms. The number of nitrogens with two attached hydrogens (primary N) is 1. The molecule has 200 valence electrons. The SMILES string of the molecule is CCCN(C(=O)C(CC(N)=O)NC(=O)OC(C)(C)C)C(C(=O)NCCC(=O)OCC)c1ccccc1. The number of hydrogen-bond donors (Lipinski definition) is 3. The number of ether oxygens (including phenoxy) is 2. The lowest BCUT2D eigenvalue weighted by molar-refractivity contribution is -0.144. The Kier molecular flexibility index (Phi) is 12.4. The minimum Gasteiger partial charge on any atom is -0.466 e. The van der Waals surface area contributed by atoms with Crippen molar-refractivity contribution in [2.24, 2.45) is 5.73 Å². The highest BCUT2D eigenvalue weighted by molar-refractivity contribution is 5.94. The molecule has 0 aliphatic rings.